The largest absolute Gasteiger partial charge is 0.459 e. The second-order valence-electron chi connectivity index (χ2n) is 14.4. The summed E-state index contributed by atoms with van der Waals surface area (Å²) in [5, 5.41) is 4.66. The van der Waals surface area contributed by atoms with Crippen LogP contribution in [0, 0.1) is 28.6 Å². The number of anilines is 1. The van der Waals surface area contributed by atoms with Gasteiger partial charge in [0.05, 0.1) is 15.5 Å². The van der Waals surface area contributed by atoms with Crippen molar-refractivity contribution in [3.8, 4) is 0 Å². The molecule has 0 aromatic heterocycles. The average molecular weight is 703 g/mol. The number of hydrogen-bond acceptors (Lipinski definition) is 10. The Kier molecular flexibility index (Phi) is 10.2. The van der Waals surface area contributed by atoms with Crippen molar-refractivity contribution in [1.29, 1.82) is 0 Å². The minimum Gasteiger partial charge on any atom is -0.459 e. The standard InChI is InChI=1S/C34H46N4O8S2/c1-21-12-22(2)17-37(16-21)47(41,42)26-8-10-28-30(14-26)32(35-40)31-15-27(48(43,44)38-18-23(3)13-24(4)19-38)9-11-29(31)33(28)36-46-25(5)34(6,7)45-20-39/h8-11,14-15,20-25,36H,12-13,16-19H2,1-7H3/t21-,22+,23-,24+,25?. The van der Waals surface area contributed by atoms with Crippen LogP contribution in [0.5, 0.6) is 0 Å². The topological polar surface area (TPSA) is 152 Å². The third kappa shape index (κ3) is 6.95. The molecule has 2 aliphatic rings. The average Bonchev–Trinajstić information content (AvgIpc) is 3.01. The Morgan fingerprint density at radius 3 is 1.58 bits per heavy atom. The molecule has 2 saturated heterocycles. The monoisotopic (exact) mass is 702 g/mol. The van der Waals surface area contributed by atoms with Crippen LogP contribution >= 0.6 is 0 Å². The zero-order chi connectivity index (χ0) is 35.2. The van der Waals surface area contributed by atoms with E-state index in [1.165, 1.54) is 32.9 Å². The smallest absolute Gasteiger partial charge is 0.293 e. The van der Waals surface area contributed by atoms with Crippen LogP contribution in [0.1, 0.15) is 61.3 Å². The summed E-state index contributed by atoms with van der Waals surface area (Å²) in [6, 6.07) is 9.03. The Morgan fingerprint density at radius 2 is 1.21 bits per heavy atom. The second-order valence-corrected chi connectivity index (χ2v) is 18.3. The van der Waals surface area contributed by atoms with Crippen molar-refractivity contribution in [2.75, 3.05) is 31.7 Å². The number of rotatable bonds is 11. The highest BCUT2D eigenvalue weighted by molar-refractivity contribution is 7.89. The molecule has 2 fully saturated rings. The van der Waals surface area contributed by atoms with Gasteiger partial charge in [-0.1, -0.05) is 39.8 Å². The fraction of sp³-hybridized carbons (Fsp3) is 0.559. The molecule has 0 spiro atoms. The molecule has 2 aliphatic heterocycles. The highest BCUT2D eigenvalue weighted by Crippen LogP contribution is 2.44. The summed E-state index contributed by atoms with van der Waals surface area (Å²) in [5.74, 6) is 0.755. The molecule has 0 amide bonds. The summed E-state index contributed by atoms with van der Waals surface area (Å²) in [6.45, 7) is 15.0. The first-order valence-corrected chi connectivity index (χ1v) is 19.3. The molecule has 3 aromatic rings. The van der Waals surface area contributed by atoms with E-state index < -0.39 is 31.8 Å². The summed E-state index contributed by atoms with van der Waals surface area (Å²) >= 11 is 0. The number of nitroso groups, excluding NO2 is 1. The number of nitrogens with one attached hydrogen (secondary N) is 1. The molecule has 12 nitrogen and oxygen atoms in total. The maximum Gasteiger partial charge on any atom is 0.293 e. The van der Waals surface area contributed by atoms with E-state index in [1.54, 1.807) is 32.9 Å². The van der Waals surface area contributed by atoms with Gasteiger partial charge in [-0.3, -0.25) is 15.1 Å². The van der Waals surface area contributed by atoms with Gasteiger partial charge in [-0.25, -0.2) is 16.8 Å². The van der Waals surface area contributed by atoms with Crippen LogP contribution in [0.3, 0.4) is 0 Å². The first-order valence-electron chi connectivity index (χ1n) is 16.4. The molecule has 0 saturated carbocycles. The number of sulfonamides is 2. The van der Waals surface area contributed by atoms with Gasteiger partial charge < -0.3 is 4.74 Å². The number of fused-ring (bicyclic) bond motifs is 2. The van der Waals surface area contributed by atoms with E-state index in [9.17, 15) is 26.5 Å². The Morgan fingerprint density at radius 1 is 0.792 bits per heavy atom. The molecule has 0 bridgehead atoms. The molecule has 1 unspecified atom stereocenters. The molecular formula is C34H46N4O8S2. The van der Waals surface area contributed by atoms with E-state index in [1.807, 2.05) is 27.7 Å². The molecule has 3 aromatic carbocycles. The van der Waals surface area contributed by atoms with E-state index in [-0.39, 0.29) is 49.9 Å². The van der Waals surface area contributed by atoms with Gasteiger partial charge in [-0.2, -0.15) is 8.61 Å². The van der Waals surface area contributed by atoms with E-state index in [2.05, 4.69) is 10.7 Å². The second kappa shape index (κ2) is 13.6. The number of carbonyl (C=O) groups is 1. The lowest BCUT2D eigenvalue weighted by molar-refractivity contribution is -0.152. The van der Waals surface area contributed by atoms with Gasteiger partial charge in [0.25, 0.3) is 6.47 Å². The highest BCUT2D eigenvalue weighted by atomic mass is 32.2. The van der Waals surface area contributed by atoms with Crippen LogP contribution in [0.2, 0.25) is 0 Å². The Hall–Kier alpha value is -3.17. The zero-order valence-electron chi connectivity index (χ0n) is 28.6. The van der Waals surface area contributed by atoms with Crippen LogP contribution in [0.25, 0.3) is 21.5 Å². The quantitative estimate of drug-likeness (QED) is 0.103. The Bertz CT molecular complexity index is 1800. The summed E-state index contributed by atoms with van der Waals surface area (Å²) < 4.78 is 63.8. The predicted molar refractivity (Wildman–Crippen MR) is 186 cm³/mol. The van der Waals surface area contributed by atoms with Crippen molar-refractivity contribution in [2.24, 2.45) is 28.8 Å². The maximum atomic E-state index is 13.9. The van der Waals surface area contributed by atoms with E-state index >= 15 is 0 Å². The van der Waals surface area contributed by atoms with Gasteiger partial charge in [-0.15, -0.1) is 4.91 Å². The van der Waals surface area contributed by atoms with Crippen LogP contribution in [-0.2, 0) is 34.4 Å². The number of hydrogen-bond donors (Lipinski definition) is 1. The number of nitrogens with zero attached hydrogens (tertiary/aromatic N) is 3. The maximum absolute atomic E-state index is 13.9. The van der Waals surface area contributed by atoms with E-state index in [4.69, 9.17) is 9.57 Å². The fourth-order valence-corrected chi connectivity index (χ4v) is 10.5. The molecule has 1 N–H and O–H groups in total. The van der Waals surface area contributed by atoms with Gasteiger partial charge in [-0.05, 0) is 86.7 Å². The van der Waals surface area contributed by atoms with Gasteiger partial charge in [0.2, 0.25) is 20.0 Å². The number of carbonyl (C=O) groups excluding carboxylic acids is 1. The van der Waals surface area contributed by atoms with Crippen LogP contribution in [-0.4, -0.2) is 69.8 Å². The normalized spacial score (nSPS) is 24.0. The lowest BCUT2D eigenvalue weighted by Crippen LogP contribution is -2.42. The summed E-state index contributed by atoms with van der Waals surface area (Å²) in [6.07, 6.45) is 1.19. The highest BCUT2D eigenvalue weighted by Gasteiger charge is 2.35. The summed E-state index contributed by atoms with van der Waals surface area (Å²) in [7, 11) is -7.86. The van der Waals surface area contributed by atoms with Crippen LogP contribution in [0.4, 0.5) is 11.4 Å². The first-order chi connectivity index (χ1) is 22.5. The van der Waals surface area contributed by atoms with Crippen molar-refractivity contribution in [3.63, 3.8) is 0 Å². The van der Waals surface area contributed by atoms with Crippen molar-refractivity contribution >= 4 is 59.4 Å². The van der Waals surface area contributed by atoms with E-state index in [0.717, 1.165) is 12.8 Å². The molecular weight excluding hydrogens is 657 g/mol. The predicted octanol–water partition coefficient (Wildman–Crippen LogP) is 6.41. The number of ether oxygens (including phenoxy) is 1. The van der Waals surface area contributed by atoms with Crippen LogP contribution < -0.4 is 5.48 Å². The lowest BCUT2D eigenvalue weighted by atomic mass is 9.94. The summed E-state index contributed by atoms with van der Waals surface area (Å²) in [5.41, 5.74) is 2.22. The first kappa shape index (κ1) is 36.1. The summed E-state index contributed by atoms with van der Waals surface area (Å²) in [4.78, 5) is 29.7. The molecule has 262 valence electrons. The fourth-order valence-electron chi connectivity index (χ4n) is 7.11. The van der Waals surface area contributed by atoms with Gasteiger partial charge in [0, 0.05) is 47.7 Å². The van der Waals surface area contributed by atoms with Crippen molar-refractivity contribution < 1.29 is 31.2 Å². The molecule has 5 rings (SSSR count). The van der Waals surface area contributed by atoms with Gasteiger partial charge >= 0.3 is 0 Å². The third-order valence-electron chi connectivity index (χ3n) is 9.74. The minimum absolute atomic E-state index is 0.00127. The minimum atomic E-state index is -3.93. The Labute approximate surface area is 283 Å². The van der Waals surface area contributed by atoms with Crippen molar-refractivity contribution in [1.82, 2.24) is 8.61 Å². The number of benzene rings is 3. The van der Waals surface area contributed by atoms with Gasteiger partial charge in [0.15, 0.2) is 0 Å². The van der Waals surface area contributed by atoms with Crippen molar-refractivity contribution in [3.05, 3.63) is 41.3 Å². The van der Waals surface area contributed by atoms with E-state index in [0.29, 0.717) is 49.1 Å². The molecule has 0 aliphatic carbocycles. The van der Waals surface area contributed by atoms with Crippen LogP contribution in [0.15, 0.2) is 51.4 Å². The van der Waals surface area contributed by atoms with Crippen molar-refractivity contribution in [2.45, 2.75) is 82.8 Å². The van der Waals surface area contributed by atoms with Gasteiger partial charge in [0.1, 0.15) is 17.4 Å². The SMILES string of the molecule is CC(ONc1c2ccc(S(=O)(=O)N3C[C@H](C)C[C@H](C)C3)cc2c(N=O)c2cc(S(=O)(=O)N3C[C@H](C)C[C@H](C)C3)ccc12)C(C)(C)OC=O. The molecule has 2 heterocycles. The zero-order valence-corrected chi connectivity index (χ0v) is 30.2. The molecule has 48 heavy (non-hydrogen) atoms. The Balaban J connectivity index is 1.70. The molecule has 5 atom stereocenters. The molecule has 14 heteroatoms. The third-order valence-corrected chi connectivity index (χ3v) is 13.4. The number of piperidine rings is 2. The molecule has 0 radical (unpaired) electrons. The lowest BCUT2D eigenvalue weighted by Gasteiger charge is -2.34.